The number of anilines is 1. The van der Waals surface area contributed by atoms with E-state index in [1.807, 2.05) is 11.8 Å². The molecule has 2 atom stereocenters. The number of nitrogens with zero attached hydrogens (tertiary/aromatic N) is 1. The van der Waals surface area contributed by atoms with Gasteiger partial charge in [-0.25, -0.2) is 4.79 Å². The van der Waals surface area contributed by atoms with Gasteiger partial charge in [-0.05, 0) is 25.1 Å². The number of carboxylic acid groups (broad SMARTS) is 2. The van der Waals surface area contributed by atoms with Gasteiger partial charge in [-0.1, -0.05) is 0 Å². The van der Waals surface area contributed by atoms with E-state index in [1.165, 1.54) is 12.1 Å². The molecule has 0 saturated heterocycles. The van der Waals surface area contributed by atoms with Crippen molar-refractivity contribution in [1.29, 1.82) is 0 Å². The molecule has 0 amide bonds. The molecule has 0 radical (unpaired) electrons. The molecule has 2 rings (SSSR count). The molecule has 0 aromatic heterocycles. The van der Waals surface area contributed by atoms with Gasteiger partial charge in [-0.2, -0.15) is 0 Å². The van der Waals surface area contributed by atoms with Gasteiger partial charge in [-0.15, -0.1) is 0 Å². The molecule has 0 aliphatic carbocycles. The third-order valence-electron chi connectivity index (χ3n) is 3.39. The molecule has 0 saturated carbocycles. The number of aromatic carboxylic acids is 1. The van der Waals surface area contributed by atoms with Crippen molar-refractivity contribution in [3.63, 3.8) is 0 Å². The predicted molar refractivity (Wildman–Crippen MR) is 67.9 cm³/mol. The van der Waals surface area contributed by atoms with Gasteiger partial charge in [0.25, 0.3) is 0 Å². The fourth-order valence-corrected chi connectivity index (χ4v) is 2.14. The van der Waals surface area contributed by atoms with Crippen LogP contribution in [0.5, 0.6) is 5.75 Å². The quantitative estimate of drug-likeness (QED) is 0.860. The van der Waals surface area contributed by atoms with E-state index < -0.39 is 18.0 Å². The van der Waals surface area contributed by atoms with Crippen LogP contribution in [0.15, 0.2) is 18.2 Å². The number of rotatable bonds is 3. The number of likely N-dealkylation sites (N-methyl/N-ethyl adjacent to an activating group) is 1. The van der Waals surface area contributed by atoms with E-state index >= 15 is 0 Å². The lowest BCUT2D eigenvalue weighted by atomic mass is 10.0. The lowest BCUT2D eigenvalue weighted by Crippen LogP contribution is -2.47. The van der Waals surface area contributed by atoms with E-state index in [2.05, 4.69) is 0 Å². The van der Waals surface area contributed by atoms with Gasteiger partial charge in [0.15, 0.2) is 0 Å². The van der Waals surface area contributed by atoms with Crippen molar-refractivity contribution in [3.8, 4) is 5.75 Å². The summed E-state index contributed by atoms with van der Waals surface area (Å²) in [5, 5.41) is 17.8. The molecule has 1 aliphatic heterocycles. The first kappa shape index (κ1) is 13.2. The molecule has 1 aromatic carbocycles. The number of carboxylic acids is 2. The first-order valence-corrected chi connectivity index (χ1v) is 5.88. The van der Waals surface area contributed by atoms with Gasteiger partial charge in [0.05, 0.1) is 23.7 Å². The molecule has 2 unspecified atom stereocenters. The maximum atomic E-state index is 10.9. The second-order valence-corrected chi connectivity index (χ2v) is 4.59. The number of aliphatic carboxylic acids is 1. The normalized spacial score (nSPS) is 21.5. The predicted octanol–water partition coefficient (Wildman–Crippen LogP) is 1.45. The zero-order valence-corrected chi connectivity index (χ0v) is 10.7. The van der Waals surface area contributed by atoms with Gasteiger partial charge in [0.2, 0.25) is 0 Å². The minimum atomic E-state index is -1.00. The Morgan fingerprint density at radius 1 is 1.37 bits per heavy atom. The van der Waals surface area contributed by atoms with Crippen molar-refractivity contribution >= 4 is 17.6 Å². The summed E-state index contributed by atoms with van der Waals surface area (Å²) in [6, 6.07) is 4.40. The first-order valence-electron chi connectivity index (χ1n) is 5.88. The second kappa shape index (κ2) is 4.79. The number of ether oxygens (including phenoxy) is 1. The summed E-state index contributed by atoms with van der Waals surface area (Å²) in [5.41, 5.74) is 0.840. The highest BCUT2D eigenvalue weighted by molar-refractivity contribution is 5.89. The summed E-state index contributed by atoms with van der Waals surface area (Å²) in [4.78, 5) is 23.6. The molecule has 0 fully saturated rings. The van der Waals surface area contributed by atoms with Crippen LogP contribution in [0.25, 0.3) is 0 Å². The third-order valence-corrected chi connectivity index (χ3v) is 3.39. The number of hydrogen-bond acceptors (Lipinski definition) is 4. The molecule has 1 heterocycles. The van der Waals surface area contributed by atoms with E-state index in [0.717, 1.165) is 0 Å². The van der Waals surface area contributed by atoms with Crippen LogP contribution in [-0.2, 0) is 4.79 Å². The molecule has 1 aliphatic rings. The topological polar surface area (TPSA) is 87.1 Å². The van der Waals surface area contributed by atoms with Crippen LogP contribution in [0.1, 0.15) is 23.7 Å². The van der Waals surface area contributed by atoms with Crippen LogP contribution in [0.2, 0.25) is 0 Å². The number of hydrogen-bond donors (Lipinski definition) is 2. The molecule has 6 nitrogen and oxygen atoms in total. The second-order valence-electron chi connectivity index (χ2n) is 4.59. The van der Waals surface area contributed by atoms with E-state index in [4.69, 9.17) is 14.9 Å². The summed E-state index contributed by atoms with van der Waals surface area (Å²) in [7, 11) is 1.80. The summed E-state index contributed by atoms with van der Waals surface area (Å²) in [6.45, 7) is 1.85. The molecule has 0 bridgehead atoms. The van der Waals surface area contributed by atoms with Crippen LogP contribution >= 0.6 is 0 Å². The smallest absolute Gasteiger partial charge is 0.335 e. The Morgan fingerprint density at radius 3 is 2.63 bits per heavy atom. The monoisotopic (exact) mass is 265 g/mol. The molecule has 2 N–H and O–H groups in total. The Morgan fingerprint density at radius 2 is 2.05 bits per heavy atom. The highest BCUT2D eigenvalue weighted by Crippen LogP contribution is 2.36. The largest absolute Gasteiger partial charge is 0.486 e. The van der Waals surface area contributed by atoms with Crippen LogP contribution in [-0.4, -0.2) is 41.3 Å². The SMILES string of the molecule is CC1C(CC(=O)O)Oc2ccc(C(=O)O)cc2N1C. The minimum Gasteiger partial charge on any atom is -0.486 e. The van der Waals surface area contributed by atoms with Crippen LogP contribution in [0.4, 0.5) is 5.69 Å². The van der Waals surface area contributed by atoms with Crippen molar-refractivity contribution in [2.45, 2.75) is 25.5 Å². The molecule has 6 heteroatoms. The highest BCUT2D eigenvalue weighted by Gasteiger charge is 2.32. The Labute approximate surface area is 110 Å². The summed E-state index contributed by atoms with van der Waals surface area (Å²) in [5.74, 6) is -1.41. The van der Waals surface area contributed by atoms with Crippen LogP contribution < -0.4 is 9.64 Å². The summed E-state index contributed by atoms with van der Waals surface area (Å²) in [6.07, 6.45) is -0.545. The average molecular weight is 265 g/mol. The zero-order chi connectivity index (χ0) is 14.2. The molecular weight excluding hydrogens is 250 g/mol. The Kier molecular flexibility index (Phi) is 3.33. The lowest BCUT2D eigenvalue weighted by Gasteiger charge is -2.39. The number of fused-ring (bicyclic) bond motifs is 1. The molecule has 19 heavy (non-hydrogen) atoms. The first-order chi connectivity index (χ1) is 8.90. The Balaban J connectivity index is 2.35. The van der Waals surface area contributed by atoms with Gasteiger partial charge < -0.3 is 19.8 Å². The fraction of sp³-hybridized carbons (Fsp3) is 0.385. The van der Waals surface area contributed by atoms with Gasteiger partial charge in [0, 0.05) is 7.05 Å². The molecule has 1 aromatic rings. The van der Waals surface area contributed by atoms with Gasteiger partial charge in [0.1, 0.15) is 11.9 Å². The van der Waals surface area contributed by atoms with E-state index in [0.29, 0.717) is 11.4 Å². The minimum absolute atomic E-state index is 0.0916. The van der Waals surface area contributed by atoms with Crippen molar-refractivity contribution in [3.05, 3.63) is 23.8 Å². The molecule has 0 spiro atoms. The summed E-state index contributed by atoms with van der Waals surface area (Å²) < 4.78 is 5.64. The van der Waals surface area contributed by atoms with Gasteiger partial charge >= 0.3 is 11.9 Å². The van der Waals surface area contributed by atoms with Crippen LogP contribution in [0, 0.1) is 0 Å². The molecular formula is C13H15NO5. The van der Waals surface area contributed by atoms with Crippen molar-refractivity contribution < 1.29 is 24.5 Å². The highest BCUT2D eigenvalue weighted by atomic mass is 16.5. The van der Waals surface area contributed by atoms with Crippen molar-refractivity contribution in [2.24, 2.45) is 0 Å². The maximum Gasteiger partial charge on any atom is 0.335 e. The Hall–Kier alpha value is -2.24. The lowest BCUT2D eigenvalue weighted by molar-refractivity contribution is -0.139. The maximum absolute atomic E-state index is 10.9. The summed E-state index contributed by atoms with van der Waals surface area (Å²) >= 11 is 0. The van der Waals surface area contributed by atoms with Crippen molar-refractivity contribution in [2.75, 3.05) is 11.9 Å². The fourth-order valence-electron chi connectivity index (χ4n) is 2.14. The van der Waals surface area contributed by atoms with E-state index in [1.54, 1.807) is 13.1 Å². The van der Waals surface area contributed by atoms with Crippen LogP contribution in [0.3, 0.4) is 0 Å². The number of benzene rings is 1. The standard InChI is InChI=1S/C13H15NO5/c1-7-11(6-12(15)16)19-10-4-3-8(13(17)18)5-9(10)14(7)2/h3-5,7,11H,6H2,1-2H3,(H,15,16)(H,17,18). The van der Waals surface area contributed by atoms with E-state index in [-0.39, 0.29) is 18.0 Å². The average Bonchev–Trinajstić information content (AvgIpc) is 2.34. The zero-order valence-electron chi connectivity index (χ0n) is 10.7. The Bertz CT molecular complexity index is 528. The van der Waals surface area contributed by atoms with Gasteiger partial charge in [-0.3, -0.25) is 4.79 Å². The number of carbonyl (C=O) groups is 2. The van der Waals surface area contributed by atoms with E-state index in [9.17, 15) is 9.59 Å². The third kappa shape index (κ3) is 2.47. The van der Waals surface area contributed by atoms with Crippen molar-refractivity contribution in [1.82, 2.24) is 0 Å². The molecule has 102 valence electrons.